The van der Waals surface area contributed by atoms with Crippen molar-refractivity contribution in [3.8, 4) is 10.8 Å². The van der Waals surface area contributed by atoms with Crippen LogP contribution in [0.25, 0.3) is 10.8 Å². The van der Waals surface area contributed by atoms with Gasteiger partial charge in [0.05, 0.1) is 16.7 Å². The average molecular weight is 306 g/mol. The van der Waals surface area contributed by atoms with E-state index in [9.17, 15) is 0 Å². The molecule has 1 atom stereocenters. The third kappa shape index (κ3) is 3.36. The van der Waals surface area contributed by atoms with Gasteiger partial charge in [0.1, 0.15) is 5.76 Å². The highest BCUT2D eigenvalue weighted by Gasteiger charge is 2.20. The van der Waals surface area contributed by atoms with Crippen molar-refractivity contribution in [3.63, 3.8) is 0 Å². The monoisotopic (exact) mass is 306 g/mol. The summed E-state index contributed by atoms with van der Waals surface area (Å²) in [7, 11) is 2.12. The van der Waals surface area contributed by atoms with Crippen LogP contribution in [0, 0.1) is 13.8 Å². The van der Waals surface area contributed by atoms with Crippen molar-refractivity contribution >= 4 is 11.3 Å². The van der Waals surface area contributed by atoms with Gasteiger partial charge in [-0.15, -0.1) is 11.3 Å². The largest absolute Gasteiger partial charge is 0.440 e. The van der Waals surface area contributed by atoms with Crippen molar-refractivity contribution in [1.29, 1.82) is 0 Å². The van der Waals surface area contributed by atoms with Gasteiger partial charge < -0.3 is 9.15 Å². The fourth-order valence-electron chi connectivity index (χ4n) is 2.72. The van der Waals surface area contributed by atoms with Crippen LogP contribution in [0.3, 0.4) is 0 Å². The highest BCUT2D eigenvalue weighted by atomic mass is 32.1. The van der Waals surface area contributed by atoms with Crippen LogP contribution < -0.4 is 0 Å². The van der Waals surface area contributed by atoms with Gasteiger partial charge in [0.15, 0.2) is 0 Å². The zero-order valence-electron chi connectivity index (χ0n) is 12.9. The third-order valence-electron chi connectivity index (χ3n) is 3.91. The summed E-state index contributed by atoms with van der Waals surface area (Å²) in [6, 6.07) is 2.10. The van der Waals surface area contributed by atoms with Crippen molar-refractivity contribution < 1.29 is 9.15 Å². The number of thiophene rings is 1. The van der Waals surface area contributed by atoms with Crippen LogP contribution >= 0.6 is 11.3 Å². The van der Waals surface area contributed by atoms with Crippen molar-refractivity contribution in [2.24, 2.45) is 0 Å². The van der Waals surface area contributed by atoms with Gasteiger partial charge in [-0.3, -0.25) is 4.90 Å². The van der Waals surface area contributed by atoms with Crippen molar-refractivity contribution in [1.82, 2.24) is 9.88 Å². The molecule has 3 rings (SSSR count). The van der Waals surface area contributed by atoms with E-state index in [4.69, 9.17) is 9.15 Å². The van der Waals surface area contributed by atoms with E-state index in [1.165, 1.54) is 18.4 Å². The van der Waals surface area contributed by atoms with Crippen LogP contribution in [0.4, 0.5) is 0 Å². The molecule has 4 nitrogen and oxygen atoms in total. The molecule has 0 saturated carbocycles. The molecule has 3 heterocycles. The fourth-order valence-corrected chi connectivity index (χ4v) is 3.57. The van der Waals surface area contributed by atoms with Gasteiger partial charge in [-0.2, -0.15) is 0 Å². The van der Waals surface area contributed by atoms with Gasteiger partial charge >= 0.3 is 0 Å². The molecule has 0 N–H and O–H groups in total. The molecule has 0 aromatic carbocycles. The predicted octanol–water partition coefficient (Wildman–Crippen LogP) is 3.63. The Morgan fingerprint density at radius 2 is 2.29 bits per heavy atom. The smallest absolute Gasteiger partial charge is 0.237 e. The first kappa shape index (κ1) is 14.8. The Balaban J connectivity index is 1.68. The Labute approximate surface area is 129 Å². The van der Waals surface area contributed by atoms with Crippen LogP contribution in [-0.2, 0) is 11.3 Å². The van der Waals surface area contributed by atoms with Gasteiger partial charge in [0, 0.05) is 19.7 Å². The molecule has 1 aliphatic heterocycles. The van der Waals surface area contributed by atoms with Gasteiger partial charge in [0.2, 0.25) is 5.89 Å². The Bertz CT molecular complexity index is 599. The maximum Gasteiger partial charge on any atom is 0.237 e. The first-order valence-corrected chi connectivity index (χ1v) is 8.32. The van der Waals surface area contributed by atoms with Crippen molar-refractivity contribution in [3.05, 3.63) is 28.5 Å². The SMILES string of the molecule is Cc1ccsc1-c1nc(CN(C)CC2CCCO2)c(C)o1. The summed E-state index contributed by atoms with van der Waals surface area (Å²) in [5.74, 6) is 1.66. The Morgan fingerprint density at radius 3 is 2.95 bits per heavy atom. The fraction of sp³-hybridized carbons (Fsp3) is 0.562. The number of likely N-dealkylation sites (N-methyl/N-ethyl adjacent to an activating group) is 1. The molecule has 0 aliphatic carbocycles. The number of nitrogens with zero attached hydrogens (tertiary/aromatic N) is 2. The standard InChI is InChI=1S/C16H22N2O2S/c1-11-6-8-21-15(11)16-17-14(12(2)20-16)10-18(3)9-13-5-4-7-19-13/h6,8,13H,4-5,7,9-10H2,1-3H3. The van der Waals surface area contributed by atoms with Gasteiger partial charge in [0.25, 0.3) is 0 Å². The Kier molecular flexibility index (Phi) is 4.42. The maximum atomic E-state index is 5.85. The van der Waals surface area contributed by atoms with E-state index < -0.39 is 0 Å². The normalized spacial score (nSPS) is 18.8. The van der Waals surface area contributed by atoms with Crippen LogP contribution in [-0.4, -0.2) is 36.2 Å². The van der Waals surface area contributed by atoms with E-state index >= 15 is 0 Å². The minimum Gasteiger partial charge on any atom is -0.440 e. The lowest BCUT2D eigenvalue weighted by atomic mass is 10.2. The molecule has 0 amide bonds. The van der Waals surface area contributed by atoms with Gasteiger partial charge in [-0.1, -0.05) is 0 Å². The van der Waals surface area contributed by atoms with E-state index in [1.54, 1.807) is 11.3 Å². The molecule has 1 fully saturated rings. The number of rotatable bonds is 5. The van der Waals surface area contributed by atoms with E-state index in [0.29, 0.717) is 6.10 Å². The zero-order valence-corrected chi connectivity index (χ0v) is 13.7. The number of aromatic nitrogens is 1. The molecule has 1 aliphatic rings. The van der Waals surface area contributed by atoms with Crippen LogP contribution in [0.1, 0.15) is 29.9 Å². The molecule has 1 unspecified atom stereocenters. The molecule has 114 valence electrons. The second-order valence-corrected chi connectivity index (χ2v) is 6.70. The van der Waals surface area contributed by atoms with Crippen LogP contribution in [0.15, 0.2) is 15.9 Å². The molecule has 21 heavy (non-hydrogen) atoms. The molecular weight excluding hydrogens is 284 g/mol. The zero-order chi connectivity index (χ0) is 14.8. The van der Waals surface area contributed by atoms with E-state index in [-0.39, 0.29) is 0 Å². The molecule has 5 heteroatoms. The number of ether oxygens (including phenoxy) is 1. The molecule has 0 radical (unpaired) electrons. The Hall–Kier alpha value is -1.17. The second-order valence-electron chi connectivity index (χ2n) is 5.79. The predicted molar refractivity (Wildman–Crippen MR) is 84.6 cm³/mol. The average Bonchev–Trinajstić information content (AvgIpc) is 3.13. The summed E-state index contributed by atoms with van der Waals surface area (Å²) in [6.45, 7) is 6.76. The lowest BCUT2D eigenvalue weighted by Gasteiger charge is -2.19. The Morgan fingerprint density at radius 1 is 1.43 bits per heavy atom. The summed E-state index contributed by atoms with van der Waals surface area (Å²) < 4.78 is 11.5. The highest BCUT2D eigenvalue weighted by Crippen LogP contribution is 2.30. The van der Waals surface area contributed by atoms with E-state index in [1.807, 2.05) is 6.92 Å². The molecule has 0 bridgehead atoms. The number of hydrogen-bond donors (Lipinski definition) is 0. The summed E-state index contributed by atoms with van der Waals surface area (Å²) in [5, 5.41) is 2.08. The first-order valence-electron chi connectivity index (χ1n) is 7.44. The number of oxazole rings is 1. The quantitative estimate of drug-likeness (QED) is 0.845. The molecule has 2 aromatic rings. The molecule has 2 aromatic heterocycles. The van der Waals surface area contributed by atoms with Gasteiger partial charge in [-0.05, 0) is 50.7 Å². The first-order chi connectivity index (χ1) is 10.1. The number of hydrogen-bond acceptors (Lipinski definition) is 5. The highest BCUT2D eigenvalue weighted by molar-refractivity contribution is 7.13. The van der Waals surface area contributed by atoms with E-state index in [0.717, 1.165) is 41.9 Å². The molecular formula is C16H22N2O2S. The molecule has 1 saturated heterocycles. The topological polar surface area (TPSA) is 38.5 Å². The summed E-state index contributed by atoms with van der Waals surface area (Å²) in [6.07, 6.45) is 2.73. The number of aryl methyl sites for hydroxylation is 2. The second kappa shape index (κ2) is 6.30. The lowest BCUT2D eigenvalue weighted by Crippen LogP contribution is -2.28. The lowest BCUT2D eigenvalue weighted by molar-refractivity contribution is 0.0789. The van der Waals surface area contributed by atoms with Crippen molar-refractivity contribution in [2.75, 3.05) is 20.2 Å². The van der Waals surface area contributed by atoms with Gasteiger partial charge in [-0.25, -0.2) is 4.98 Å². The third-order valence-corrected chi connectivity index (χ3v) is 4.91. The minimum absolute atomic E-state index is 0.376. The van der Waals surface area contributed by atoms with Crippen LogP contribution in [0.5, 0.6) is 0 Å². The molecule has 0 spiro atoms. The minimum atomic E-state index is 0.376. The van der Waals surface area contributed by atoms with Crippen LogP contribution in [0.2, 0.25) is 0 Å². The van der Waals surface area contributed by atoms with E-state index in [2.05, 4.69) is 35.3 Å². The summed E-state index contributed by atoms with van der Waals surface area (Å²) in [4.78, 5) is 8.09. The summed E-state index contributed by atoms with van der Waals surface area (Å²) >= 11 is 1.68. The maximum absolute atomic E-state index is 5.85. The summed E-state index contributed by atoms with van der Waals surface area (Å²) in [5.41, 5.74) is 2.25. The van der Waals surface area contributed by atoms with Crippen molar-refractivity contribution in [2.45, 2.75) is 39.3 Å².